The van der Waals surface area contributed by atoms with E-state index in [1.165, 1.54) is 23.4 Å². The molecule has 102 valence electrons. The number of rotatable bonds is 7. The van der Waals surface area contributed by atoms with Gasteiger partial charge >= 0.3 is 0 Å². The topological polar surface area (TPSA) is 28.2 Å². The highest BCUT2D eigenvalue weighted by molar-refractivity contribution is 7.13. The van der Waals surface area contributed by atoms with Crippen LogP contribution in [0.15, 0.2) is 22.9 Å². The normalized spacial score (nSPS) is 14.8. The molecule has 2 aromatic rings. The molecule has 5 heteroatoms. The molecule has 1 N–H and O–H groups in total. The first kappa shape index (κ1) is 13.1. The van der Waals surface area contributed by atoms with Crippen LogP contribution in [0, 0.1) is 0 Å². The maximum atomic E-state index is 4.75. The highest BCUT2D eigenvalue weighted by atomic mass is 32.1. The minimum Gasteiger partial charge on any atom is -0.343 e. The summed E-state index contributed by atoms with van der Waals surface area (Å²) in [6.45, 7) is 5.08. The summed E-state index contributed by atoms with van der Waals surface area (Å²) in [6.07, 6.45) is 2.66. The lowest BCUT2D eigenvalue weighted by Crippen LogP contribution is -2.21. The zero-order chi connectivity index (χ0) is 13.1. The molecule has 0 aliphatic heterocycles. The average Bonchev–Trinajstić information content (AvgIpc) is 2.92. The molecule has 3 nitrogen and oxygen atoms in total. The van der Waals surface area contributed by atoms with E-state index in [2.05, 4.69) is 40.0 Å². The minimum atomic E-state index is 0.749. The van der Waals surface area contributed by atoms with E-state index in [0.29, 0.717) is 0 Å². The average molecular weight is 293 g/mol. The second kappa shape index (κ2) is 6.03. The second-order valence-corrected chi connectivity index (χ2v) is 6.74. The summed E-state index contributed by atoms with van der Waals surface area (Å²) < 4.78 is 0. The predicted octanol–water partition coefficient (Wildman–Crippen LogP) is 3.48. The monoisotopic (exact) mass is 293 g/mol. The molecular formula is C14H19N3S2. The predicted molar refractivity (Wildman–Crippen MR) is 83.0 cm³/mol. The van der Waals surface area contributed by atoms with E-state index in [-0.39, 0.29) is 0 Å². The zero-order valence-electron chi connectivity index (χ0n) is 11.1. The van der Waals surface area contributed by atoms with Crippen molar-refractivity contribution in [3.8, 4) is 0 Å². The Hall–Kier alpha value is -0.910. The van der Waals surface area contributed by atoms with Crippen LogP contribution in [0.4, 0.5) is 5.13 Å². The minimum absolute atomic E-state index is 0.749. The lowest BCUT2D eigenvalue weighted by Gasteiger charge is -2.18. The van der Waals surface area contributed by atoms with Gasteiger partial charge < -0.3 is 10.2 Å². The Labute approximate surface area is 122 Å². The third-order valence-electron chi connectivity index (χ3n) is 3.27. The molecule has 0 bridgehead atoms. The highest BCUT2D eigenvalue weighted by Crippen LogP contribution is 2.24. The molecule has 0 unspecified atom stereocenters. The van der Waals surface area contributed by atoms with Crippen LogP contribution < -0.4 is 10.2 Å². The summed E-state index contributed by atoms with van der Waals surface area (Å²) in [5.74, 6) is 0. The van der Waals surface area contributed by atoms with Gasteiger partial charge in [0.15, 0.2) is 5.13 Å². The summed E-state index contributed by atoms with van der Waals surface area (Å²) in [6, 6.07) is 5.05. The van der Waals surface area contributed by atoms with Gasteiger partial charge in [0.05, 0.1) is 12.2 Å². The van der Waals surface area contributed by atoms with Gasteiger partial charge in [0, 0.05) is 29.4 Å². The highest BCUT2D eigenvalue weighted by Gasteiger charge is 2.20. The van der Waals surface area contributed by atoms with Gasteiger partial charge in [-0.2, -0.15) is 0 Å². The summed E-state index contributed by atoms with van der Waals surface area (Å²) in [4.78, 5) is 8.49. The maximum absolute atomic E-state index is 4.75. The molecule has 1 saturated carbocycles. The van der Waals surface area contributed by atoms with Gasteiger partial charge in [-0.25, -0.2) is 4.98 Å². The first-order chi connectivity index (χ1) is 9.35. The number of hydrogen-bond acceptors (Lipinski definition) is 5. The van der Waals surface area contributed by atoms with Crippen LogP contribution in [0.5, 0.6) is 0 Å². The van der Waals surface area contributed by atoms with Gasteiger partial charge in [0.25, 0.3) is 0 Å². The van der Waals surface area contributed by atoms with Gasteiger partial charge in [-0.1, -0.05) is 6.07 Å². The van der Waals surface area contributed by atoms with Crippen LogP contribution in [-0.2, 0) is 13.1 Å². The molecule has 0 amide bonds. The Balaban J connectivity index is 1.61. The molecule has 0 radical (unpaired) electrons. The standard InChI is InChI=1S/C14H19N3S2/c1-2-17(9-13-4-3-7-18-13)14-16-12(10-19-14)8-15-11-5-6-11/h3-4,7,10-11,15H,2,5-6,8-9H2,1H3. The SMILES string of the molecule is CCN(Cc1cccs1)c1nc(CNC2CC2)cs1. The Morgan fingerprint density at radius 1 is 1.42 bits per heavy atom. The number of nitrogens with zero attached hydrogens (tertiary/aromatic N) is 2. The number of hydrogen-bond donors (Lipinski definition) is 1. The van der Waals surface area contributed by atoms with Crippen LogP contribution in [0.1, 0.15) is 30.3 Å². The van der Waals surface area contributed by atoms with Crippen LogP contribution in [0.25, 0.3) is 0 Å². The molecule has 0 atom stereocenters. The molecule has 0 aromatic carbocycles. The lowest BCUT2D eigenvalue weighted by atomic mass is 10.4. The van der Waals surface area contributed by atoms with E-state index in [9.17, 15) is 0 Å². The fourth-order valence-corrected chi connectivity index (χ4v) is 3.57. The fourth-order valence-electron chi connectivity index (χ4n) is 1.96. The molecule has 0 saturated heterocycles. The van der Waals surface area contributed by atoms with E-state index >= 15 is 0 Å². The maximum Gasteiger partial charge on any atom is 0.185 e. The Kier molecular flexibility index (Phi) is 4.15. The molecule has 1 fully saturated rings. The summed E-state index contributed by atoms with van der Waals surface area (Å²) in [5.41, 5.74) is 1.18. The van der Waals surface area contributed by atoms with Crippen LogP contribution >= 0.6 is 22.7 Å². The van der Waals surface area contributed by atoms with E-state index < -0.39 is 0 Å². The third kappa shape index (κ3) is 3.55. The van der Waals surface area contributed by atoms with Crippen molar-refractivity contribution in [2.24, 2.45) is 0 Å². The van der Waals surface area contributed by atoms with Crippen LogP contribution in [0.2, 0.25) is 0 Å². The third-order valence-corrected chi connectivity index (χ3v) is 5.08. The van der Waals surface area contributed by atoms with Crippen molar-refractivity contribution in [3.05, 3.63) is 33.5 Å². The molecular weight excluding hydrogens is 274 g/mol. The Bertz CT molecular complexity index is 503. The van der Waals surface area contributed by atoms with Gasteiger partial charge in [0.1, 0.15) is 0 Å². The molecule has 2 heterocycles. The lowest BCUT2D eigenvalue weighted by molar-refractivity contribution is 0.676. The summed E-state index contributed by atoms with van der Waals surface area (Å²) in [5, 5.41) is 8.98. The van der Waals surface area contributed by atoms with Gasteiger partial charge in [-0.05, 0) is 31.2 Å². The van der Waals surface area contributed by atoms with Crippen molar-refractivity contribution in [2.45, 2.75) is 38.9 Å². The summed E-state index contributed by atoms with van der Waals surface area (Å²) >= 11 is 3.57. The molecule has 19 heavy (non-hydrogen) atoms. The quantitative estimate of drug-likeness (QED) is 0.847. The van der Waals surface area contributed by atoms with Crippen molar-refractivity contribution in [1.82, 2.24) is 10.3 Å². The van der Waals surface area contributed by atoms with Crippen molar-refractivity contribution in [2.75, 3.05) is 11.4 Å². The first-order valence-electron chi connectivity index (χ1n) is 6.80. The van der Waals surface area contributed by atoms with Gasteiger partial charge in [-0.15, -0.1) is 22.7 Å². The molecule has 0 spiro atoms. The molecule has 1 aliphatic carbocycles. The Morgan fingerprint density at radius 2 is 2.32 bits per heavy atom. The van der Waals surface area contributed by atoms with Gasteiger partial charge in [-0.3, -0.25) is 0 Å². The Morgan fingerprint density at radius 3 is 3.00 bits per heavy atom. The molecule has 3 rings (SSSR count). The van der Waals surface area contributed by atoms with Crippen molar-refractivity contribution in [1.29, 1.82) is 0 Å². The van der Waals surface area contributed by atoms with E-state index in [1.54, 1.807) is 11.3 Å². The number of anilines is 1. The summed E-state index contributed by atoms with van der Waals surface area (Å²) in [7, 11) is 0. The zero-order valence-corrected chi connectivity index (χ0v) is 12.8. The number of aromatic nitrogens is 1. The van der Waals surface area contributed by atoms with Gasteiger partial charge in [0.2, 0.25) is 0 Å². The molecule has 2 aromatic heterocycles. The fraction of sp³-hybridized carbons (Fsp3) is 0.500. The van der Waals surface area contributed by atoms with Crippen LogP contribution in [-0.4, -0.2) is 17.6 Å². The first-order valence-corrected chi connectivity index (χ1v) is 8.56. The van der Waals surface area contributed by atoms with Crippen molar-refractivity contribution < 1.29 is 0 Å². The number of thiazole rings is 1. The second-order valence-electron chi connectivity index (χ2n) is 4.87. The van der Waals surface area contributed by atoms with E-state index in [1.807, 2.05) is 11.3 Å². The number of nitrogens with one attached hydrogen (secondary N) is 1. The van der Waals surface area contributed by atoms with Crippen LogP contribution in [0.3, 0.4) is 0 Å². The van der Waals surface area contributed by atoms with E-state index in [4.69, 9.17) is 4.98 Å². The number of thiophene rings is 1. The molecule has 1 aliphatic rings. The smallest absolute Gasteiger partial charge is 0.185 e. The van der Waals surface area contributed by atoms with E-state index in [0.717, 1.165) is 30.8 Å². The van der Waals surface area contributed by atoms with Crippen molar-refractivity contribution in [3.63, 3.8) is 0 Å². The van der Waals surface area contributed by atoms with Crippen molar-refractivity contribution >= 4 is 27.8 Å². The largest absolute Gasteiger partial charge is 0.343 e.